The van der Waals surface area contributed by atoms with Gasteiger partial charge in [-0.15, -0.1) is 0 Å². The minimum Gasteiger partial charge on any atom is -0.493 e. The number of methoxy groups -OCH3 is 3. The van der Waals surface area contributed by atoms with Crippen LogP contribution in [0, 0.1) is 12.8 Å². The van der Waals surface area contributed by atoms with Crippen molar-refractivity contribution in [2.45, 2.75) is 19.8 Å². The first-order chi connectivity index (χ1) is 14.0. The van der Waals surface area contributed by atoms with Gasteiger partial charge in [0.1, 0.15) is 5.82 Å². The molecule has 1 saturated heterocycles. The molecule has 0 radical (unpaired) electrons. The third-order valence-corrected chi connectivity index (χ3v) is 4.94. The maximum atomic E-state index is 11.4. The van der Waals surface area contributed by atoms with Gasteiger partial charge in [-0.1, -0.05) is 0 Å². The number of aryl methyl sites for hydroxylation is 1. The number of aliphatic carboxylic acids is 1. The van der Waals surface area contributed by atoms with Crippen molar-refractivity contribution in [3.05, 3.63) is 23.9 Å². The van der Waals surface area contributed by atoms with Crippen LogP contribution < -0.4 is 24.4 Å². The van der Waals surface area contributed by atoms with E-state index < -0.39 is 5.97 Å². The molecule has 1 aromatic carbocycles. The number of anilines is 3. The minimum absolute atomic E-state index is 0.385. The zero-order chi connectivity index (χ0) is 21.0. The van der Waals surface area contributed by atoms with Gasteiger partial charge in [-0.3, -0.25) is 4.79 Å². The number of hydrogen-bond acceptors (Lipinski definition) is 8. The summed E-state index contributed by atoms with van der Waals surface area (Å²) in [5, 5.41) is 12.5. The van der Waals surface area contributed by atoms with Gasteiger partial charge in [0.05, 0.1) is 27.2 Å². The first kappa shape index (κ1) is 20.5. The minimum atomic E-state index is -0.766. The Hall–Kier alpha value is -3.23. The summed E-state index contributed by atoms with van der Waals surface area (Å²) in [6.07, 6.45) is 3.23. The van der Waals surface area contributed by atoms with E-state index in [9.17, 15) is 9.90 Å². The summed E-state index contributed by atoms with van der Waals surface area (Å²) in [5.74, 6) is 1.52. The highest BCUT2D eigenvalue weighted by Crippen LogP contribution is 2.40. The van der Waals surface area contributed by atoms with Crippen molar-refractivity contribution in [2.75, 3.05) is 44.6 Å². The Morgan fingerprint density at radius 3 is 2.48 bits per heavy atom. The Balaban J connectivity index is 1.88. The highest BCUT2D eigenvalue weighted by atomic mass is 16.5. The van der Waals surface area contributed by atoms with E-state index in [2.05, 4.69) is 15.3 Å². The summed E-state index contributed by atoms with van der Waals surface area (Å²) in [7, 11) is 4.65. The molecule has 2 heterocycles. The number of rotatable bonds is 7. The average Bonchev–Trinajstić information content (AvgIpc) is 2.74. The lowest BCUT2D eigenvalue weighted by molar-refractivity contribution is -0.141. The van der Waals surface area contributed by atoms with Crippen LogP contribution >= 0.6 is 0 Å². The Bertz CT molecular complexity index is 864. The van der Waals surface area contributed by atoms with E-state index >= 15 is 0 Å². The second-order valence-electron chi connectivity index (χ2n) is 6.86. The van der Waals surface area contributed by atoms with Gasteiger partial charge in [0, 0.05) is 42.7 Å². The molecule has 0 amide bonds. The second-order valence-corrected chi connectivity index (χ2v) is 6.86. The van der Waals surface area contributed by atoms with Gasteiger partial charge in [-0.25, -0.2) is 4.98 Å². The third kappa shape index (κ3) is 4.44. The monoisotopic (exact) mass is 402 g/mol. The molecule has 1 aliphatic rings. The van der Waals surface area contributed by atoms with Crippen molar-refractivity contribution < 1.29 is 24.1 Å². The zero-order valence-corrected chi connectivity index (χ0v) is 17.1. The summed E-state index contributed by atoms with van der Waals surface area (Å²) in [6, 6.07) is 3.54. The van der Waals surface area contributed by atoms with Crippen LogP contribution in [0.2, 0.25) is 0 Å². The number of carboxylic acid groups (broad SMARTS) is 1. The van der Waals surface area contributed by atoms with Crippen LogP contribution in [0.4, 0.5) is 17.5 Å². The molecular formula is C20H26N4O5. The fourth-order valence-corrected chi connectivity index (χ4v) is 3.47. The summed E-state index contributed by atoms with van der Waals surface area (Å²) in [6.45, 7) is 3.13. The van der Waals surface area contributed by atoms with Gasteiger partial charge in [-0.05, 0) is 19.8 Å². The van der Waals surface area contributed by atoms with E-state index in [1.54, 1.807) is 39.7 Å². The number of benzene rings is 1. The maximum absolute atomic E-state index is 11.4. The molecule has 3 rings (SSSR count). The number of nitrogens with one attached hydrogen (secondary N) is 1. The Morgan fingerprint density at radius 2 is 1.90 bits per heavy atom. The number of hydrogen-bond donors (Lipinski definition) is 2. The van der Waals surface area contributed by atoms with E-state index in [-0.39, 0.29) is 5.92 Å². The van der Waals surface area contributed by atoms with Crippen LogP contribution in [0.5, 0.6) is 17.2 Å². The molecule has 0 aliphatic carbocycles. The van der Waals surface area contributed by atoms with Crippen LogP contribution in [0.1, 0.15) is 18.4 Å². The normalized spacial score (nSPS) is 16.3. The second kappa shape index (κ2) is 8.85. The molecule has 0 bridgehead atoms. The predicted molar refractivity (Wildman–Crippen MR) is 109 cm³/mol. The third-order valence-electron chi connectivity index (χ3n) is 4.94. The molecule has 1 aromatic heterocycles. The summed E-state index contributed by atoms with van der Waals surface area (Å²) >= 11 is 0. The molecule has 9 nitrogen and oxygen atoms in total. The lowest BCUT2D eigenvalue weighted by Gasteiger charge is -2.32. The Morgan fingerprint density at radius 1 is 1.21 bits per heavy atom. The highest BCUT2D eigenvalue weighted by Gasteiger charge is 2.27. The largest absolute Gasteiger partial charge is 0.493 e. The van der Waals surface area contributed by atoms with Crippen LogP contribution in [-0.2, 0) is 4.79 Å². The maximum Gasteiger partial charge on any atom is 0.308 e. The fraction of sp³-hybridized carbons (Fsp3) is 0.450. The van der Waals surface area contributed by atoms with E-state index in [4.69, 9.17) is 14.2 Å². The summed E-state index contributed by atoms with van der Waals surface area (Å²) < 4.78 is 16.1. The number of ether oxygens (including phenoxy) is 3. The number of carbonyl (C=O) groups is 1. The molecule has 2 aromatic rings. The van der Waals surface area contributed by atoms with Gasteiger partial charge in [0.25, 0.3) is 0 Å². The highest BCUT2D eigenvalue weighted by molar-refractivity contribution is 5.71. The molecule has 1 unspecified atom stereocenters. The van der Waals surface area contributed by atoms with Crippen molar-refractivity contribution in [2.24, 2.45) is 5.92 Å². The first-order valence-electron chi connectivity index (χ1n) is 9.35. The van der Waals surface area contributed by atoms with Gasteiger partial charge in [0.15, 0.2) is 11.5 Å². The summed E-state index contributed by atoms with van der Waals surface area (Å²) in [5.41, 5.74) is 1.57. The van der Waals surface area contributed by atoms with Crippen molar-refractivity contribution in [1.82, 2.24) is 9.97 Å². The lowest BCUT2D eigenvalue weighted by Crippen LogP contribution is -2.39. The van der Waals surface area contributed by atoms with E-state index in [0.29, 0.717) is 41.8 Å². The molecule has 0 spiro atoms. The topological polar surface area (TPSA) is 106 Å². The molecule has 9 heteroatoms. The van der Waals surface area contributed by atoms with Gasteiger partial charge in [0.2, 0.25) is 11.7 Å². The van der Waals surface area contributed by atoms with Gasteiger partial charge in [-0.2, -0.15) is 4.98 Å². The van der Waals surface area contributed by atoms with E-state index in [1.807, 2.05) is 11.8 Å². The fourth-order valence-electron chi connectivity index (χ4n) is 3.47. The summed E-state index contributed by atoms with van der Waals surface area (Å²) in [4.78, 5) is 22.4. The van der Waals surface area contributed by atoms with Crippen molar-refractivity contribution >= 4 is 23.4 Å². The van der Waals surface area contributed by atoms with Crippen LogP contribution in [0.25, 0.3) is 0 Å². The van der Waals surface area contributed by atoms with Crippen LogP contribution in [0.15, 0.2) is 18.3 Å². The number of aromatic nitrogens is 2. The van der Waals surface area contributed by atoms with Crippen molar-refractivity contribution in [3.8, 4) is 17.2 Å². The quantitative estimate of drug-likeness (QED) is 0.723. The van der Waals surface area contributed by atoms with Gasteiger partial charge >= 0.3 is 5.97 Å². The average molecular weight is 402 g/mol. The van der Waals surface area contributed by atoms with Crippen molar-refractivity contribution in [1.29, 1.82) is 0 Å². The number of carboxylic acids is 1. The van der Waals surface area contributed by atoms with E-state index in [0.717, 1.165) is 24.3 Å². The Kier molecular flexibility index (Phi) is 6.26. The standard InChI is InChI=1S/C20H26N4O5/c1-12-10-21-20(23-18(12)24-7-5-6-13(11-24)19(25)26)22-14-8-15(27-2)17(29-4)16(9-14)28-3/h8-10,13H,5-7,11H2,1-4H3,(H,25,26)(H,21,22,23). The SMILES string of the molecule is COc1cc(Nc2ncc(C)c(N3CCCC(C(=O)O)C3)n2)cc(OC)c1OC. The molecular weight excluding hydrogens is 376 g/mol. The lowest BCUT2D eigenvalue weighted by atomic mass is 9.98. The molecule has 2 N–H and O–H groups in total. The first-order valence-corrected chi connectivity index (χ1v) is 9.35. The molecule has 29 heavy (non-hydrogen) atoms. The van der Waals surface area contributed by atoms with E-state index in [1.165, 1.54) is 0 Å². The van der Waals surface area contributed by atoms with Crippen molar-refractivity contribution in [3.63, 3.8) is 0 Å². The molecule has 1 aliphatic heterocycles. The number of piperidine rings is 1. The van der Waals surface area contributed by atoms with Gasteiger partial charge < -0.3 is 29.5 Å². The van der Waals surface area contributed by atoms with Crippen LogP contribution in [-0.4, -0.2) is 55.5 Å². The predicted octanol–water partition coefficient (Wildman–Crippen LogP) is 2.86. The molecule has 1 fully saturated rings. The Labute approximate surface area is 169 Å². The molecule has 1 atom stereocenters. The zero-order valence-electron chi connectivity index (χ0n) is 17.1. The number of nitrogens with zero attached hydrogens (tertiary/aromatic N) is 3. The molecule has 0 saturated carbocycles. The van der Waals surface area contributed by atoms with Crippen LogP contribution in [0.3, 0.4) is 0 Å². The smallest absolute Gasteiger partial charge is 0.308 e. The molecule has 156 valence electrons.